The van der Waals surface area contributed by atoms with Crippen LogP contribution in [0.2, 0.25) is 0 Å². The number of hydrogen-bond acceptors (Lipinski definition) is 4. The minimum atomic E-state index is 0.836. The van der Waals surface area contributed by atoms with Crippen LogP contribution < -0.4 is 0 Å². The van der Waals surface area contributed by atoms with E-state index in [1.807, 2.05) is 59.9 Å². The first kappa shape index (κ1) is 26.7. The lowest BCUT2D eigenvalue weighted by atomic mass is 10.0. The number of para-hydroxylation sites is 2. The highest BCUT2D eigenvalue weighted by Gasteiger charge is 2.13. The first-order valence-corrected chi connectivity index (χ1v) is 16.1. The van der Waals surface area contributed by atoms with E-state index in [9.17, 15) is 0 Å². The Morgan fingerprint density at radius 1 is 0.543 bits per heavy atom. The van der Waals surface area contributed by atoms with Gasteiger partial charge in [-0.2, -0.15) is 0 Å². The maximum atomic E-state index is 6.14. The van der Waals surface area contributed by atoms with Crippen LogP contribution >= 0.6 is 11.3 Å². The molecule has 6 aromatic carbocycles. The van der Waals surface area contributed by atoms with E-state index in [1.165, 1.54) is 20.2 Å². The monoisotopic (exact) mass is 609 g/mol. The van der Waals surface area contributed by atoms with Crippen LogP contribution in [-0.4, -0.2) is 5.71 Å². The van der Waals surface area contributed by atoms with Crippen LogP contribution in [0.25, 0.3) is 75.3 Å². The normalized spacial score (nSPS) is 12.8. The van der Waals surface area contributed by atoms with Gasteiger partial charge >= 0.3 is 0 Å². The fourth-order valence-electron chi connectivity index (χ4n) is 6.44. The van der Waals surface area contributed by atoms with Crippen LogP contribution in [0.1, 0.15) is 23.6 Å². The van der Waals surface area contributed by atoms with Crippen LogP contribution in [-0.2, 0) is 0 Å². The van der Waals surface area contributed by atoms with Gasteiger partial charge in [-0.3, -0.25) is 4.99 Å². The first-order valence-electron chi connectivity index (χ1n) is 15.3. The zero-order valence-electron chi connectivity index (χ0n) is 25.1. The van der Waals surface area contributed by atoms with Crippen molar-refractivity contribution in [3.05, 3.63) is 157 Å². The molecule has 0 saturated heterocycles. The van der Waals surface area contributed by atoms with E-state index in [-0.39, 0.29) is 0 Å². The van der Waals surface area contributed by atoms with Gasteiger partial charge < -0.3 is 8.83 Å². The third kappa shape index (κ3) is 4.38. The van der Waals surface area contributed by atoms with Crippen molar-refractivity contribution in [2.75, 3.05) is 0 Å². The first-order chi connectivity index (χ1) is 22.6. The van der Waals surface area contributed by atoms with Crippen LogP contribution in [0.4, 0.5) is 0 Å². The third-order valence-electron chi connectivity index (χ3n) is 8.82. The van der Waals surface area contributed by atoms with Crippen molar-refractivity contribution in [3.8, 4) is 0 Å². The summed E-state index contributed by atoms with van der Waals surface area (Å²) >= 11 is 1.81. The Balaban J connectivity index is 1.19. The topological polar surface area (TPSA) is 38.6 Å². The summed E-state index contributed by atoms with van der Waals surface area (Å²) in [5.41, 5.74) is 9.25. The van der Waals surface area contributed by atoms with Crippen molar-refractivity contribution >= 4 is 92.4 Å². The van der Waals surface area contributed by atoms with E-state index in [0.717, 1.165) is 77.5 Å². The summed E-state index contributed by atoms with van der Waals surface area (Å²) in [4.78, 5) is 5.28. The number of aliphatic imine (C=N–C) groups is 1. The van der Waals surface area contributed by atoms with Crippen molar-refractivity contribution in [1.82, 2.24) is 0 Å². The second-order valence-electron chi connectivity index (χ2n) is 11.7. The van der Waals surface area contributed by atoms with Gasteiger partial charge in [-0.25, -0.2) is 0 Å². The van der Waals surface area contributed by atoms with Crippen molar-refractivity contribution < 1.29 is 8.83 Å². The lowest BCUT2D eigenvalue weighted by molar-refractivity contribution is 0.668. The summed E-state index contributed by atoms with van der Waals surface area (Å²) in [5, 5.41) is 6.90. The maximum Gasteiger partial charge on any atom is 0.135 e. The van der Waals surface area contributed by atoms with Crippen LogP contribution in [0.3, 0.4) is 0 Å². The molecule has 3 nitrogen and oxygen atoms in total. The fraction of sp³-hybridized carbons (Fsp3) is 0.0238. The molecule has 0 radical (unpaired) electrons. The smallest absolute Gasteiger partial charge is 0.135 e. The number of furan rings is 2. The minimum absolute atomic E-state index is 0.836. The standard InChI is InChI=1S/C42H27NO2S/c1-25(27-15-18-33-32-11-5-8-14-41(32)46-42(33)24-27)21-36(29-17-20-40-35(23-29)31-10-4-7-13-38(31)45-40)43-26(2)28-16-19-39-34(22-28)30-9-3-6-12-37(30)44-39/h3-24H,1H2,2H3/b36-21-,43-26?. The molecule has 0 aliphatic carbocycles. The van der Waals surface area contributed by atoms with E-state index < -0.39 is 0 Å². The molecule has 0 atom stereocenters. The Morgan fingerprint density at radius 3 is 1.80 bits per heavy atom. The highest BCUT2D eigenvalue weighted by atomic mass is 32.1. The van der Waals surface area contributed by atoms with Crippen molar-refractivity contribution in [2.24, 2.45) is 4.99 Å². The molecule has 0 bridgehead atoms. The Kier molecular flexibility index (Phi) is 6.05. The van der Waals surface area contributed by atoms with Gasteiger partial charge in [-0.1, -0.05) is 73.3 Å². The second-order valence-corrected chi connectivity index (χ2v) is 12.8. The molecule has 0 amide bonds. The molecule has 0 fully saturated rings. The molecule has 3 heterocycles. The number of nitrogens with zero attached hydrogens (tertiary/aromatic N) is 1. The minimum Gasteiger partial charge on any atom is -0.456 e. The van der Waals surface area contributed by atoms with Gasteiger partial charge in [0.05, 0.1) is 5.70 Å². The number of allylic oxidation sites excluding steroid dienone is 2. The number of hydrogen-bond donors (Lipinski definition) is 0. The van der Waals surface area contributed by atoms with Gasteiger partial charge in [0.1, 0.15) is 22.3 Å². The molecular weight excluding hydrogens is 583 g/mol. The summed E-state index contributed by atoms with van der Waals surface area (Å²) in [5.74, 6) is 0. The highest BCUT2D eigenvalue weighted by molar-refractivity contribution is 7.25. The summed E-state index contributed by atoms with van der Waals surface area (Å²) in [7, 11) is 0. The predicted molar refractivity (Wildman–Crippen MR) is 196 cm³/mol. The molecule has 0 aliphatic rings. The van der Waals surface area contributed by atoms with E-state index in [0.29, 0.717) is 0 Å². The Morgan fingerprint density at radius 2 is 1.09 bits per heavy atom. The van der Waals surface area contributed by atoms with Crippen LogP contribution in [0.15, 0.2) is 154 Å². The fourth-order valence-corrected chi connectivity index (χ4v) is 7.58. The molecule has 9 rings (SSSR count). The second kappa shape index (κ2) is 10.4. The average molecular weight is 610 g/mol. The highest BCUT2D eigenvalue weighted by Crippen LogP contribution is 2.37. The number of rotatable bonds is 5. The predicted octanol–water partition coefficient (Wildman–Crippen LogP) is 12.4. The molecule has 0 aliphatic heterocycles. The van der Waals surface area contributed by atoms with Gasteiger partial charge in [0.15, 0.2) is 0 Å². The molecule has 9 aromatic rings. The average Bonchev–Trinajstić information content (AvgIpc) is 3.78. The summed E-state index contributed by atoms with van der Waals surface area (Å²) in [6.07, 6.45) is 2.10. The third-order valence-corrected chi connectivity index (χ3v) is 9.95. The molecule has 3 aromatic heterocycles. The van der Waals surface area contributed by atoms with Crippen LogP contribution in [0.5, 0.6) is 0 Å². The molecule has 0 saturated carbocycles. The summed E-state index contributed by atoms with van der Waals surface area (Å²) in [6, 6.07) is 44.1. The quantitative estimate of drug-likeness (QED) is 0.144. The van der Waals surface area contributed by atoms with Gasteiger partial charge in [0.2, 0.25) is 0 Å². The molecule has 4 heteroatoms. The van der Waals surface area contributed by atoms with E-state index >= 15 is 0 Å². The molecule has 218 valence electrons. The lowest BCUT2D eigenvalue weighted by Gasteiger charge is -2.09. The lowest BCUT2D eigenvalue weighted by Crippen LogP contribution is -1.96. The Labute approximate surface area is 269 Å². The molecular formula is C42H27NO2S. The molecule has 0 spiro atoms. The van der Waals surface area contributed by atoms with Gasteiger partial charge in [-0.05, 0) is 90.4 Å². The number of benzene rings is 6. The zero-order chi connectivity index (χ0) is 30.8. The largest absolute Gasteiger partial charge is 0.456 e. The van der Waals surface area contributed by atoms with Crippen molar-refractivity contribution in [1.29, 1.82) is 0 Å². The summed E-state index contributed by atoms with van der Waals surface area (Å²) in [6.45, 7) is 6.59. The van der Waals surface area contributed by atoms with E-state index in [2.05, 4.69) is 98.4 Å². The van der Waals surface area contributed by atoms with Crippen molar-refractivity contribution in [3.63, 3.8) is 0 Å². The van der Waals surface area contributed by atoms with E-state index in [1.54, 1.807) is 0 Å². The zero-order valence-corrected chi connectivity index (χ0v) is 25.9. The maximum absolute atomic E-state index is 6.14. The SMILES string of the molecule is C=C(/C=C(\N=C(C)c1ccc2oc3ccccc3c2c1)c1ccc2oc3ccccc3c2c1)c1ccc2c(c1)sc1ccccc12. The Hall–Kier alpha value is -5.71. The Bertz CT molecular complexity index is 2730. The van der Waals surface area contributed by atoms with Gasteiger partial charge in [0, 0.05) is 53.0 Å². The molecule has 0 unspecified atom stereocenters. The van der Waals surface area contributed by atoms with Gasteiger partial charge in [-0.15, -0.1) is 11.3 Å². The molecule has 46 heavy (non-hydrogen) atoms. The van der Waals surface area contributed by atoms with Crippen LogP contribution in [0, 0.1) is 0 Å². The van der Waals surface area contributed by atoms with Gasteiger partial charge in [0.25, 0.3) is 0 Å². The number of thiophene rings is 1. The van der Waals surface area contributed by atoms with E-state index in [4.69, 9.17) is 13.8 Å². The molecule has 0 N–H and O–H groups in total. The summed E-state index contributed by atoms with van der Waals surface area (Å²) < 4.78 is 14.8. The number of fused-ring (bicyclic) bond motifs is 9. The van der Waals surface area contributed by atoms with Crippen molar-refractivity contribution in [2.45, 2.75) is 6.92 Å².